The fourth-order valence-electron chi connectivity index (χ4n) is 0.894. The molecule has 4 N–H and O–H groups in total. The zero-order chi connectivity index (χ0) is 9.14. The number of pyridine rings is 1. The van der Waals surface area contributed by atoms with Gasteiger partial charge in [-0.05, 0) is 19.1 Å². The first-order valence-corrected chi connectivity index (χ1v) is 3.70. The predicted octanol–water partition coefficient (Wildman–Crippen LogP) is 0.168. The predicted molar refractivity (Wildman–Crippen MR) is 44.5 cm³/mol. The Morgan fingerprint density at radius 2 is 2.25 bits per heavy atom. The Hall–Kier alpha value is -1.13. The van der Waals surface area contributed by atoms with Crippen LogP contribution in [-0.4, -0.2) is 21.3 Å². The maximum atomic E-state index is 9.28. The van der Waals surface area contributed by atoms with E-state index in [1.165, 1.54) is 12.3 Å². The second kappa shape index (κ2) is 3.51. The fraction of sp³-hybridized carbons (Fsp3) is 0.375. The Bertz CT molecular complexity index is 263. The molecule has 0 amide bonds. The van der Waals surface area contributed by atoms with Gasteiger partial charge in [-0.3, -0.25) is 4.98 Å². The van der Waals surface area contributed by atoms with Crippen LogP contribution in [0.4, 0.5) is 0 Å². The van der Waals surface area contributed by atoms with Crippen LogP contribution in [0.25, 0.3) is 0 Å². The third kappa shape index (κ3) is 1.72. The molecule has 0 spiro atoms. The van der Waals surface area contributed by atoms with Gasteiger partial charge < -0.3 is 15.9 Å². The van der Waals surface area contributed by atoms with E-state index in [0.29, 0.717) is 5.69 Å². The number of aliphatic hydroxyl groups excluding tert-OH is 1. The molecule has 2 atom stereocenters. The summed E-state index contributed by atoms with van der Waals surface area (Å²) >= 11 is 0. The molecule has 4 nitrogen and oxygen atoms in total. The smallest absolute Gasteiger partial charge is 0.138 e. The van der Waals surface area contributed by atoms with Gasteiger partial charge in [-0.2, -0.15) is 0 Å². The Morgan fingerprint density at radius 1 is 1.58 bits per heavy atom. The molecule has 1 aromatic rings. The normalized spacial score (nSPS) is 15.6. The summed E-state index contributed by atoms with van der Waals surface area (Å²) in [4.78, 5) is 3.86. The van der Waals surface area contributed by atoms with Crippen LogP contribution in [0.5, 0.6) is 5.75 Å². The van der Waals surface area contributed by atoms with Crippen molar-refractivity contribution in [2.24, 2.45) is 5.73 Å². The first-order chi connectivity index (χ1) is 5.63. The zero-order valence-electron chi connectivity index (χ0n) is 6.81. The molecule has 0 aromatic carbocycles. The van der Waals surface area contributed by atoms with E-state index in [9.17, 15) is 5.11 Å². The number of nitrogens with zero attached hydrogens (tertiary/aromatic N) is 1. The van der Waals surface area contributed by atoms with Crippen LogP contribution < -0.4 is 5.73 Å². The van der Waals surface area contributed by atoms with E-state index in [0.717, 1.165) is 0 Å². The van der Waals surface area contributed by atoms with Crippen molar-refractivity contribution in [3.05, 3.63) is 24.0 Å². The van der Waals surface area contributed by atoms with Crippen LogP contribution in [0.1, 0.15) is 18.7 Å². The number of aliphatic hydroxyl groups is 1. The Morgan fingerprint density at radius 3 is 2.75 bits per heavy atom. The van der Waals surface area contributed by atoms with E-state index in [1.54, 1.807) is 13.0 Å². The standard InChI is InChI=1S/C8H12N2O2/c1-5(11)7(9)8-6(12)3-2-4-10-8/h2-5,7,11-12H,9H2,1H3/t5-,7-/m0/s1. The summed E-state index contributed by atoms with van der Waals surface area (Å²) < 4.78 is 0. The minimum absolute atomic E-state index is 0.0194. The lowest BCUT2D eigenvalue weighted by Gasteiger charge is -2.14. The van der Waals surface area contributed by atoms with E-state index < -0.39 is 12.1 Å². The average Bonchev–Trinajstić information content (AvgIpc) is 2.04. The summed E-state index contributed by atoms with van der Waals surface area (Å²) in [6.45, 7) is 1.55. The van der Waals surface area contributed by atoms with Gasteiger partial charge in [0.25, 0.3) is 0 Å². The van der Waals surface area contributed by atoms with Crippen molar-refractivity contribution in [3.8, 4) is 5.75 Å². The van der Waals surface area contributed by atoms with Gasteiger partial charge in [0.1, 0.15) is 11.4 Å². The lowest BCUT2D eigenvalue weighted by Crippen LogP contribution is -2.24. The second-order valence-electron chi connectivity index (χ2n) is 2.67. The van der Waals surface area contributed by atoms with Crippen LogP contribution in [0, 0.1) is 0 Å². The lowest BCUT2D eigenvalue weighted by atomic mass is 10.1. The largest absolute Gasteiger partial charge is 0.506 e. The van der Waals surface area contributed by atoms with Crippen LogP contribution in [0.3, 0.4) is 0 Å². The SMILES string of the molecule is C[C@H](O)[C@H](N)c1ncccc1O. The van der Waals surface area contributed by atoms with Crippen molar-refractivity contribution in [2.45, 2.75) is 19.1 Å². The average molecular weight is 168 g/mol. The minimum Gasteiger partial charge on any atom is -0.506 e. The number of aromatic nitrogens is 1. The summed E-state index contributed by atoms with van der Waals surface area (Å²) in [5.74, 6) is 0.0194. The van der Waals surface area contributed by atoms with Crippen molar-refractivity contribution in [2.75, 3.05) is 0 Å². The van der Waals surface area contributed by atoms with Gasteiger partial charge in [-0.25, -0.2) is 0 Å². The highest BCUT2D eigenvalue weighted by atomic mass is 16.3. The Kier molecular flexibility index (Phi) is 2.62. The maximum absolute atomic E-state index is 9.28. The monoisotopic (exact) mass is 168 g/mol. The molecule has 0 saturated carbocycles. The maximum Gasteiger partial charge on any atom is 0.138 e. The Balaban J connectivity index is 2.94. The van der Waals surface area contributed by atoms with Gasteiger partial charge in [0.15, 0.2) is 0 Å². The number of rotatable bonds is 2. The van der Waals surface area contributed by atoms with Crippen LogP contribution in [0.2, 0.25) is 0 Å². The van der Waals surface area contributed by atoms with Gasteiger partial charge in [0.05, 0.1) is 12.1 Å². The molecule has 1 heterocycles. The molecule has 1 rings (SSSR count). The highest BCUT2D eigenvalue weighted by Gasteiger charge is 2.16. The summed E-state index contributed by atoms with van der Waals surface area (Å²) in [6, 6.07) is 2.46. The zero-order valence-corrected chi connectivity index (χ0v) is 6.81. The molecule has 1 aromatic heterocycles. The van der Waals surface area contributed by atoms with Gasteiger partial charge in [0.2, 0.25) is 0 Å². The van der Waals surface area contributed by atoms with Crippen molar-refractivity contribution in [1.82, 2.24) is 4.98 Å². The van der Waals surface area contributed by atoms with E-state index >= 15 is 0 Å². The molecule has 0 aliphatic carbocycles. The number of nitrogens with two attached hydrogens (primary N) is 1. The molecule has 4 heteroatoms. The molecule has 66 valence electrons. The molecule has 0 bridgehead atoms. The third-order valence-corrected chi connectivity index (χ3v) is 1.65. The van der Waals surface area contributed by atoms with Crippen molar-refractivity contribution < 1.29 is 10.2 Å². The van der Waals surface area contributed by atoms with E-state index in [1.807, 2.05) is 0 Å². The molecule has 0 saturated heterocycles. The van der Waals surface area contributed by atoms with Gasteiger partial charge in [0, 0.05) is 6.20 Å². The topological polar surface area (TPSA) is 79.4 Å². The van der Waals surface area contributed by atoms with Gasteiger partial charge in [-0.1, -0.05) is 0 Å². The molecule has 0 fully saturated rings. The van der Waals surface area contributed by atoms with Crippen LogP contribution in [-0.2, 0) is 0 Å². The summed E-state index contributed by atoms with van der Waals surface area (Å²) in [5, 5.41) is 18.4. The van der Waals surface area contributed by atoms with Crippen LogP contribution in [0.15, 0.2) is 18.3 Å². The number of aromatic hydroxyl groups is 1. The first-order valence-electron chi connectivity index (χ1n) is 3.70. The molecule has 0 aliphatic rings. The van der Waals surface area contributed by atoms with Gasteiger partial charge >= 0.3 is 0 Å². The molecule has 0 unspecified atom stereocenters. The molecular formula is C8H12N2O2. The van der Waals surface area contributed by atoms with E-state index in [4.69, 9.17) is 10.8 Å². The number of hydrogen-bond acceptors (Lipinski definition) is 4. The van der Waals surface area contributed by atoms with E-state index in [-0.39, 0.29) is 5.75 Å². The highest BCUT2D eigenvalue weighted by molar-refractivity contribution is 5.28. The summed E-state index contributed by atoms with van der Waals surface area (Å²) in [5.41, 5.74) is 5.89. The van der Waals surface area contributed by atoms with Crippen molar-refractivity contribution in [3.63, 3.8) is 0 Å². The van der Waals surface area contributed by atoms with Crippen LogP contribution >= 0.6 is 0 Å². The second-order valence-corrected chi connectivity index (χ2v) is 2.67. The molecular weight excluding hydrogens is 156 g/mol. The molecule has 12 heavy (non-hydrogen) atoms. The minimum atomic E-state index is -0.717. The highest BCUT2D eigenvalue weighted by Crippen LogP contribution is 2.20. The van der Waals surface area contributed by atoms with Crippen molar-refractivity contribution >= 4 is 0 Å². The summed E-state index contributed by atoms with van der Waals surface area (Å²) in [6.07, 6.45) is 0.808. The van der Waals surface area contributed by atoms with Gasteiger partial charge in [-0.15, -0.1) is 0 Å². The third-order valence-electron chi connectivity index (χ3n) is 1.65. The summed E-state index contributed by atoms with van der Waals surface area (Å²) in [7, 11) is 0. The molecule has 0 aliphatic heterocycles. The van der Waals surface area contributed by atoms with E-state index in [2.05, 4.69) is 4.98 Å². The Labute approximate surface area is 70.7 Å². The molecule has 0 radical (unpaired) electrons. The quantitative estimate of drug-likeness (QED) is 0.588. The van der Waals surface area contributed by atoms with Crippen molar-refractivity contribution in [1.29, 1.82) is 0 Å². The lowest BCUT2D eigenvalue weighted by molar-refractivity contribution is 0.161. The number of hydrogen-bond donors (Lipinski definition) is 3. The fourth-order valence-corrected chi connectivity index (χ4v) is 0.894. The first kappa shape index (κ1) is 8.96.